The lowest BCUT2D eigenvalue weighted by atomic mass is 10.2. The van der Waals surface area contributed by atoms with E-state index in [0.717, 1.165) is 36.1 Å². The van der Waals surface area contributed by atoms with E-state index in [1.165, 1.54) is 17.4 Å². The zero-order chi connectivity index (χ0) is 22.1. The highest BCUT2D eigenvalue weighted by Crippen LogP contribution is 2.29. The van der Waals surface area contributed by atoms with Gasteiger partial charge in [-0.05, 0) is 42.3 Å². The van der Waals surface area contributed by atoms with Crippen molar-refractivity contribution in [3.05, 3.63) is 64.5 Å². The highest BCUT2D eigenvalue weighted by molar-refractivity contribution is 7.14. The van der Waals surface area contributed by atoms with Gasteiger partial charge in [0.2, 0.25) is 5.91 Å². The van der Waals surface area contributed by atoms with E-state index in [4.69, 9.17) is 21.1 Å². The Morgan fingerprint density at radius 2 is 1.97 bits per heavy atom. The molecule has 5 nitrogen and oxygen atoms in total. The predicted octanol–water partition coefficient (Wildman–Crippen LogP) is 6.69. The molecule has 0 atom stereocenters. The molecule has 0 fully saturated rings. The summed E-state index contributed by atoms with van der Waals surface area (Å²) < 4.78 is 11.2. The van der Waals surface area contributed by atoms with Crippen LogP contribution in [-0.4, -0.2) is 24.6 Å². The smallest absolute Gasteiger partial charge is 0.250 e. The Morgan fingerprint density at radius 1 is 1.16 bits per heavy atom. The summed E-state index contributed by atoms with van der Waals surface area (Å²) in [6.45, 7) is 2.82. The van der Waals surface area contributed by atoms with Gasteiger partial charge < -0.3 is 9.47 Å². The van der Waals surface area contributed by atoms with E-state index in [1.807, 2.05) is 47.8 Å². The molecule has 0 unspecified atom stereocenters. The Morgan fingerprint density at radius 3 is 2.71 bits per heavy atom. The molecule has 0 aliphatic heterocycles. The first-order chi connectivity index (χ1) is 15.1. The molecule has 31 heavy (non-hydrogen) atoms. The van der Waals surface area contributed by atoms with Crippen molar-refractivity contribution in [1.29, 1.82) is 0 Å². The largest absolute Gasteiger partial charge is 0.493 e. The van der Waals surface area contributed by atoms with Gasteiger partial charge in [-0.25, -0.2) is 4.98 Å². The van der Waals surface area contributed by atoms with Crippen LogP contribution in [0.2, 0.25) is 5.02 Å². The molecule has 3 rings (SSSR count). The Balaban J connectivity index is 1.59. The van der Waals surface area contributed by atoms with Crippen molar-refractivity contribution in [2.45, 2.75) is 26.2 Å². The van der Waals surface area contributed by atoms with E-state index in [9.17, 15) is 4.79 Å². The van der Waals surface area contributed by atoms with Gasteiger partial charge in [0.1, 0.15) is 0 Å². The Kier molecular flexibility index (Phi) is 8.50. The first-order valence-corrected chi connectivity index (χ1v) is 11.4. The number of amides is 1. The molecule has 0 saturated carbocycles. The van der Waals surface area contributed by atoms with Gasteiger partial charge in [-0.1, -0.05) is 49.6 Å². The van der Waals surface area contributed by atoms with Gasteiger partial charge >= 0.3 is 0 Å². The SMILES string of the molecule is CCCCCOc1ccc(/C=C/C(=O)Nc2nc(-c3ccc(Cl)cc3)cs2)cc1OC. The van der Waals surface area contributed by atoms with Crippen molar-refractivity contribution >= 4 is 40.1 Å². The van der Waals surface area contributed by atoms with Gasteiger partial charge in [-0.3, -0.25) is 10.1 Å². The third-order valence-corrected chi connectivity index (χ3v) is 5.50. The number of carbonyl (C=O) groups excluding carboxylic acids is 1. The molecular weight excluding hydrogens is 432 g/mol. The number of carbonyl (C=O) groups is 1. The van der Waals surface area contributed by atoms with Crippen LogP contribution >= 0.6 is 22.9 Å². The molecule has 0 bridgehead atoms. The lowest BCUT2D eigenvalue weighted by molar-refractivity contribution is -0.111. The van der Waals surface area contributed by atoms with Crippen LogP contribution in [0.15, 0.2) is 53.9 Å². The summed E-state index contributed by atoms with van der Waals surface area (Å²) in [6, 6.07) is 13.0. The maximum Gasteiger partial charge on any atom is 0.250 e. The normalized spacial score (nSPS) is 10.9. The minimum absolute atomic E-state index is 0.254. The number of nitrogens with zero attached hydrogens (tertiary/aromatic N) is 1. The Hall–Kier alpha value is -2.83. The fourth-order valence-electron chi connectivity index (χ4n) is 2.84. The van der Waals surface area contributed by atoms with E-state index >= 15 is 0 Å². The minimum atomic E-state index is -0.254. The monoisotopic (exact) mass is 456 g/mol. The quantitative estimate of drug-likeness (QED) is 0.272. The van der Waals surface area contributed by atoms with Crippen LogP contribution in [0.4, 0.5) is 5.13 Å². The molecule has 162 valence electrons. The fourth-order valence-corrected chi connectivity index (χ4v) is 3.69. The number of unbranched alkanes of at least 4 members (excludes halogenated alkanes) is 2. The number of aromatic nitrogens is 1. The number of methoxy groups -OCH3 is 1. The second-order valence-corrected chi connectivity index (χ2v) is 8.13. The Bertz CT molecular complexity index is 1030. The van der Waals surface area contributed by atoms with Crippen LogP contribution < -0.4 is 14.8 Å². The Labute approximate surface area is 191 Å². The molecule has 0 aliphatic rings. The molecule has 7 heteroatoms. The molecule has 1 amide bonds. The highest BCUT2D eigenvalue weighted by atomic mass is 35.5. The average Bonchev–Trinajstić information content (AvgIpc) is 3.24. The van der Waals surface area contributed by atoms with Crippen LogP contribution in [-0.2, 0) is 4.79 Å². The standard InChI is InChI=1S/C24H25ClN2O3S/c1-3-4-5-14-30-21-12-6-17(15-22(21)29-2)7-13-23(28)27-24-26-20(16-31-24)18-8-10-19(25)11-9-18/h6-13,15-16H,3-5,14H2,1-2H3,(H,26,27,28)/b13-7+. The minimum Gasteiger partial charge on any atom is -0.493 e. The number of hydrogen-bond donors (Lipinski definition) is 1. The summed E-state index contributed by atoms with van der Waals surface area (Å²) in [5.74, 6) is 1.10. The average molecular weight is 457 g/mol. The van der Waals surface area contributed by atoms with Crippen molar-refractivity contribution in [3.63, 3.8) is 0 Å². The van der Waals surface area contributed by atoms with Crippen molar-refractivity contribution in [3.8, 4) is 22.8 Å². The number of nitrogens with one attached hydrogen (secondary N) is 1. The molecule has 3 aromatic rings. The summed E-state index contributed by atoms with van der Waals surface area (Å²) in [5.41, 5.74) is 2.58. The van der Waals surface area contributed by atoms with E-state index in [-0.39, 0.29) is 5.91 Å². The summed E-state index contributed by atoms with van der Waals surface area (Å²) in [4.78, 5) is 16.8. The van der Waals surface area contributed by atoms with Gasteiger partial charge in [-0.15, -0.1) is 11.3 Å². The predicted molar refractivity (Wildman–Crippen MR) is 128 cm³/mol. The van der Waals surface area contributed by atoms with Crippen LogP contribution in [0, 0.1) is 0 Å². The topological polar surface area (TPSA) is 60.5 Å². The molecule has 0 aliphatic carbocycles. The zero-order valence-corrected chi connectivity index (χ0v) is 19.1. The number of anilines is 1. The van der Waals surface area contributed by atoms with Gasteiger partial charge in [-0.2, -0.15) is 0 Å². The number of thiazole rings is 1. The van der Waals surface area contributed by atoms with E-state index in [0.29, 0.717) is 28.3 Å². The number of benzene rings is 2. The first kappa shape index (κ1) is 22.8. The summed E-state index contributed by atoms with van der Waals surface area (Å²) in [7, 11) is 1.61. The lowest BCUT2D eigenvalue weighted by Crippen LogP contribution is -2.07. The lowest BCUT2D eigenvalue weighted by Gasteiger charge is -2.11. The molecule has 2 aromatic carbocycles. The molecule has 1 N–H and O–H groups in total. The van der Waals surface area contributed by atoms with E-state index < -0.39 is 0 Å². The molecular formula is C24H25ClN2O3S. The van der Waals surface area contributed by atoms with Crippen LogP contribution in [0.3, 0.4) is 0 Å². The van der Waals surface area contributed by atoms with Crippen molar-refractivity contribution in [1.82, 2.24) is 4.98 Å². The third kappa shape index (κ3) is 6.84. The van der Waals surface area contributed by atoms with E-state index in [1.54, 1.807) is 13.2 Å². The highest BCUT2D eigenvalue weighted by Gasteiger charge is 2.08. The fraction of sp³-hybridized carbons (Fsp3) is 0.250. The first-order valence-electron chi connectivity index (χ1n) is 10.1. The maximum absolute atomic E-state index is 12.3. The maximum atomic E-state index is 12.3. The molecule has 1 aromatic heterocycles. The molecule has 1 heterocycles. The second kappa shape index (κ2) is 11.5. The molecule has 0 spiro atoms. The number of hydrogen-bond acceptors (Lipinski definition) is 5. The molecule has 0 saturated heterocycles. The van der Waals surface area contributed by atoms with Crippen LogP contribution in [0.25, 0.3) is 17.3 Å². The number of rotatable bonds is 10. The molecule has 0 radical (unpaired) electrons. The second-order valence-electron chi connectivity index (χ2n) is 6.83. The number of ether oxygens (including phenoxy) is 2. The van der Waals surface area contributed by atoms with Crippen LogP contribution in [0.1, 0.15) is 31.7 Å². The summed E-state index contributed by atoms with van der Waals surface area (Å²) >= 11 is 7.29. The van der Waals surface area contributed by atoms with Crippen molar-refractivity contribution in [2.24, 2.45) is 0 Å². The van der Waals surface area contributed by atoms with Gasteiger partial charge in [0.05, 0.1) is 19.4 Å². The zero-order valence-electron chi connectivity index (χ0n) is 17.6. The van der Waals surface area contributed by atoms with Gasteiger partial charge in [0.25, 0.3) is 0 Å². The van der Waals surface area contributed by atoms with Crippen molar-refractivity contribution < 1.29 is 14.3 Å². The van der Waals surface area contributed by atoms with Crippen LogP contribution in [0.5, 0.6) is 11.5 Å². The summed E-state index contributed by atoms with van der Waals surface area (Å²) in [5, 5.41) is 5.90. The van der Waals surface area contributed by atoms with E-state index in [2.05, 4.69) is 17.2 Å². The van der Waals surface area contributed by atoms with Gasteiger partial charge in [0.15, 0.2) is 16.6 Å². The van der Waals surface area contributed by atoms with Gasteiger partial charge in [0, 0.05) is 22.0 Å². The number of halogens is 1. The summed E-state index contributed by atoms with van der Waals surface area (Å²) in [6.07, 6.45) is 6.50. The third-order valence-electron chi connectivity index (χ3n) is 4.49. The van der Waals surface area contributed by atoms with Crippen molar-refractivity contribution in [2.75, 3.05) is 19.0 Å².